The van der Waals surface area contributed by atoms with Crippen LogP contribution in [0, 0.1) is 5.82 Å². The normalized spacial score (nSPS) is 10.8. The number of halogens is 1. The van der Waals surface area contributed by atoms with Crippen molar-refractivity contribution in [3.05, 3.63) is 65.5 Å². The van der Waals surface area contributed by atoms with Gasteiger partial charge in [0.2, 0.25) is 5.89 Å². The average Bonchev–Trinajstić information content (AvgIpc) is 3.10. The lowest BCUT2D eigenvalue weighted by atomic mass is 10.1. The second-order valence-electron chi connectivity index (χ2n) is 5.54. The molecule has 128 valence electrons. The van der Waals surface area contributed by atoms with E-state index in [4.69, 9.17) is 4.42 Å². The summed E-state index contributed by atoms with van der Waals surface area (Å²) in [4.78, 5) is 12.2. The van der Waals surface area contributed by atoms with E-state index >= 15 is 0 Å². The topological polar surface area (TPSA) is 56.0 Å². The first-order valence-corrected chi connectivity index (χ1v) is 8.98. The molecule has 3 aromatic rings. The summed E-state index contributed by atoms with van der Waals surface area (Å²) in [5, 5.41) is 8.16. The van der Waals surface area contributed by atoms with Gasteiger partial charge in [-0.1, -0.05) is 49.4 Å². The predicted molar refractivity (Wildman–Crippen MR) is 95.2 cm³/mol. The van der Waals surface area contributed by atoms with Crippen molar-refractivity contribution < 1.29 is 13.6 Å². The van der Waals surface area contributed by atoms with Gasteiger partial charge in [-0.15, -0.1) is 10.2 Å². The summed E-state index contributed by atoms with van der Waals surface area (Å²) in [6.45, 7) is 2.13. The number of ketones is 1. The molecule has 0 saturated heterocycles. The van der Waals surface area contributed by atoms with Crippen LogP contribution in [0.5, 0.6) is 0 Å². The number of carbonyl (C=O) groups excluding carboxylic acids is 1. The Bertz CT molecular complexity index is 845. The highest BCUT2D eigenvalue weighted by molar-refractivity contribution is 7.99. The lowest BCUT2D eigenvalue weighted by Crippen LogP contribution is -2.02. The molecule has 25 heavy (non-hydrogen) atoms. The van der Waals surface area contributed by atoms with Crippen LogP contribution in [-0.4, -0.2) is 21.7 Å². The molecule has 0 aliphatic rings. The molecule has 0 aliphatic heterocycles. The van der Waals surface area contributed by atoms with Gasteiger partial charge in [0, 0.05) is 11.1 Å². The molecule has 0 aliphatic carbocycles. The van der Waals surface area contributed by atoms with Gasteiger partial charge in [-0.3, -0.25) is 4.79 Å². The third-order valence-electron chi connectivity index (χ3n) is 3.64. The first-order valence-electron chi connectivity index (χ1n) is 8.00. The molecular weight excluding hydrogens is 339 g/mol. The number of Topliss-reactive ketones (excluding diaryl/α,β-unsaturated/α-hetero) is 1. The maximum absolute atomic E-state index is 12.9. The Balaban J connectivity index is 1.60. The van der Waals surface area contributed by atoms with Crippen molar-refractivity contribution in [2.24, 2.45) is 0 Å². The number of benzene rings is 2. The van der Waals surface area contributed by atoms with Crippen LogP contribution < -0.4 is 0 Å². The standard InChI is InChI=1S/C19H17FN2O2S/c1-2-3-13-4-6-14(7-5-13)17(23)12-25-19-22-21-18(24-19)15-8-10-16(20)11-9-15/h4-11H,2-3,12H2,1H3. The molecule has 3 rings (SSSR count). The molecule has 0 saturated carbocycles. The molecule has 0 spiro atoms. The zero-order valence-corrected chi connectivity index (χ0v) is 14.6. The number of thioether (sulfide) groups is 1. The number of carbonyl (C=O) groups is 1. The largest absolute Gasteiger partial charge is 0.411 e. The van der Waals surface area contributed by atoms with Gasteiger partial charge in [0.05, 0.1) is 5.75 Å². The van der Waals surface area contributed by atoms with Crippen LogP contribution in [-0.2, 0) is 6.42 Å². The van der Waals surface area contributed by atoms with Crippen LogP contribution in [0.2, 0.25) is 0 Å². The Morgan fingerprint density at radius 3 is 2.48 bits per heavy atom. The Labute approximate surface area is 149 Å². The summed E-state index contributed by atoms with van der Waals surface area (Å²) in [5.74, 6) is 0.208. The number of aromatic nitrogens is 2. The number of hydrogen-bond acceptors (Lipinski definition) is 5. The molecule has 1 heterocycles. The fourth-order valence-corrected chi connectivity index (χ4v) is 2.99. The summed E-state index contributed by atoms with van der Waals surface area (Å²) in [7, 11) is 0. The van der Waals surface area contributed by atoms with Crippen molar-refractivity contribution in [1.82, 2.24) is 10.2 Å². The quantitative estimate of drug-likeness (QED) is 0.449. The van der Waals surface area contributed by atoms with Crippen molar-refractivity contribution in [3.63, 3.8) is 0 Å². The van der Waals surface area contributed by atoms with E-state index in [1.807, 2.05) is 24.3 Å². The molecule has 0 fully saturated rings. The summed E-state index contributed by atoms with van der Waals surface area (Å²) in [6.07, 6.45) is 2.09. The number of aryl methyl sites for hydroxylation is 1. The maximum atomic E-state index is 12.9. The summed E-state index contributed by atoms with van der Waals surface area (Å²) < 4.78 is 18.5. The second kappa shape index (κ2) is 8.07. The molecule has 6 heteroatoms. The van der Waals surface area contributed by atoms with Crippen LogP contribution in [0.25, 0.3) is 11.5 Å². The van der Waals surface area contributed by atoms with Crippen molar-refractivity contribution >= 4 is 17.5 Å². The van der Waals surface area contributed by atoms with Crippen LogP contribution >= 0.6 is 11.8 Å². The molecule has 2 aromatic carbocycles. The van der Waals surface area contributed by atoms with Gasteiger partial charge in [-0.25, -0.2) is 4.39 Å². The van der Waals surface area contributed by atoms with Crippen molar-refractivity contribution in [2.75, 3.05) is 5.75 Å². The zero-order valence-electron chi connectivity index (χ0n) is 13.7. The van der Waals surface area contributed by atoms with Gasteiger partial charge in [-0.2, -0.15) is 0 Å². The minimum Gasteiger partial charge on any atom is -0.411 e. The van der Waals surface area contributed by atoms with Crippen LogP contribution in [0.15, 0.2) is 58.2 Å². The molecule has 0 bridgehead atoms. The van der Waals surface area contributed by atoms with E-state index in [0.29, 0.717) is 22.2 Å². The van der Waals surface area contributed by atoms with E-state index < -0.39 is 0 Å². The first kappa shape index (κ1) is 17.4. The summed E-state index contributed by atoms with van der Waals surface area (Å²) in [6, 6.07) is 13.5. The van der Waals surface area contributed by atoms with Gasteiger partial charge in [-0.05, 0) is 36.2 Å². The third-order valence-corrected chi connectivity index (χ3v) is 4.46. The second-order valence-corrected chi connectivity index (χ2v) is 6.47. The molecule has 0 N–H and O–H groups in total. The highest BCUT2D eigenvalue weighted by Crippen LogP contribution is 2.24. The van der Waals surface area contributed by atoms with Crippen molar-refractivity contribution in [1.29, 1.82) is 0 Å². The Morgan fingerprint density at radius 2 is 1.80 bits per heavy atom. The van der Waals surface area contributed by atoms with Crippen LogP contribution in [0.3, 0.4) is 0 Å². The number of nitrogens with zero attached hydrogens (tertiary/aromatic N) is 2. The van der Waals surface area contributed by atoms with Gasteiger partial charge >= 0.3 is 0 Å². The lowest BCUT2D eigenvalue weighted by Gasteiger charge is -2.02. The third kappa shape index (κ3) is 4.54. The van der Waals surface area contributed by atoms with Crippen molar-refractivity contribution in [3.8, 4) is 11.5 Å². The highest BCUT2D eigenvalue weighted by Gasteiger charge is 2.12. The predicted octanol–water partition coefficient (Wildman–Crippen LogP) is 4.80. The van der Waals surface area contributed by atoms with Crippen molar-refractivity contribution in [2.45, 2.75) is 25.0 Å². The van der Waals surface area contributed by atoms with E-state index in [1.165, 1.54) is 29.5 Å². The Hall–Kier alpha value is -2.47. The molecule has 4 nitrogen and oxygen atoms in total. The van der Waals surface area contributed by atoms with Crippen LogP contribution in [0.1, 0.15) is 29.3 Å². The first-order chi connectivity index (χ1) is 12.2. The Morgan fingerprint density at radius 1 is 1.08 bits per heavy atom. The average molecular weight is 356 g/mol. The molecular formula is C19H17FN2O2S. The van der Waals surface area contributed by atoms with E-state index in [-0.39, 0.29) is 17.4 Å². The SMILES string of the molecule is CCCc1ccc(C(=O)CSc2nnc(-c3ccc(F)cc3)o2)cc1. The Kier molecular flexibility index (Phi) is 5.60. The summed E-state index contributed by atoms with van der Waals surface area (Å²) in [5.41, 5.74) is 2.54. The number of rotatable bonds is 7. The molecule has 0 amide bonds. The minimum absolute atomic E-state index is 0.00887. The highest BCUT2D eigenvalue weighted by atomic mass is 32.2. The fourth-order valence-electron chi connectivity index (χ4n) is 2.33. The van der Waals surface area contributed by atoms with E-state index in [9.17, 15) is 9.18 Å². The molecule has 0 radical (unpaired) electrons. The number of hydrogen-bond donors (Lipinski definition) is 0. The van der Waals surface area contributed by atoms with E-state index in [0.717, 1.165) is 12.8 Å². The zero-order chi connectivity index (χ0) is 17.6. The van der Waals surface area contributed by atoms with Gasteiger partial charge in [0.15, 0.2) is 5.78 Å². The molecule has 0 unspecified atom stereocenters. The smallest absolute Gasteiger partial charge is 0.277 e. The fraction of sp³-hybridized carbons (Fsp3) is 0.211. The van der Waals surface area contributed by atoms with Gasteiger partial charge < -0.3 is 4.42 Å². The minimum atomic E-state index is -0.326. The lowest BCUT2D eigenvalue weighted by molar-refractivity contribution is 0.102. The maximum Gasteiger partial charge on any atom is 0.277 e. The van der Waals surface area contributed by atoms with E-state index in [1.54, 1.807) is 12.1 Å². The monoisotopic (exact) mass is 356 g/mol. The van der Waals surface area contributed by atoms with Crippen LogP contribution in [0.4, 0.5) is 4.39 Å². The molecule has 0 atom stereocenters. The molecule has 1 aromatic heterocycles. The van der Waals surface area contributed by atoms with Gasteiger partial charge in [0.1, 0.15) is 5.82 Å². The van der Waals surface area contributed by atoms with Gasteiger partial charge in [0.25, 0.3) is 5.22 Å². The summed E-state index contributed by atoms with van der Waals surface area (Å²) >= 11 is 1.19. The van der Waals surface area contributed by atoms with E-state index in [2.05, 4.69) is 17.1 Å².